The summed E-state index contributed by atoms with van der Waals surface area (Å²) in [5.74, 6) is -0.254. The molecular weight excluding hydrogens is 375 g/mol. The van der Waals surface area contributed by atoms with Gasteiger partial charge in [-0.05, 0) is 49.6 Å². The molecule has 1 aliphatic rings. The van der Waals surface area contributed by atoms with E-state index in [-0.39, 0.29) is 13.2 Å². The molecule has 0 spiro atoms. The molecule has 1 fully saturated rings. The number of urea groups is 1. The third kappa shape index (κ3) is 4.10. The number of β-amino-alcohol motifs (C(OH)–C–C–N with tert-alkyl or cyclic N) is 1. The molecule has 2 aromatic carbocycles. The SMILES string of the molecule is CC[C@@]1(c2ccc(F)cc2)NC(=O)N(C[C@@H](O)COc2ccc(C)cc2C)C1=O. The van der Waals surface area contributed by atoms with Crippen LogP contribution >= 0.6 is 0 Å². The van der Waals surface area contributed by atoms with Gasteiger partial charge in [0.15, 0.2) is 0 Å². The number of rotatable bonds is 7. The molecule has 1 heterocycles. The van der Waals surface area contributed by atoms with Crippen LogP contribution in [-0.2, 0) is 10.3 Å². The van der Waals surface area contributed by atoms with Gasteiger partial charge in [-0.15, -0.1) is 0 Å². The second kappa shape index (κ2) is 8.21. The summed E-state index contributed by atoms with van der Waals surface area (Å²) in [4.78, 5) is 26.5. The van der Waals surface area contributed by atoms with E-state index >= 15 is 0 Å². The summed E-state index contributed by atoms with van der Waals surface area (Å²) < 4.78 is 18.9. The van der Waals surface area contributed by atoms with Gasteiger partial charge in [-0.2, -0.15) is 0 Å². The Labute approximate surface area is 169 Å². The highest BCUT2D eigenvalue weighted by Crippen LogP contribution is 2.32. The van der Waals surface area contributed by atoms with E-state index in [4.69, 9.17) is 4.74 Å². The number of carbonyl (C=O) groups excluding carboxylic acids is 2. The predicted molar refractivity (Wildman–Crippen MR) is 106 cm³/mol. The van der Waals surface area contributed by atoms with Crippen LogP contribution in [0.4, 0.5) is 9.18 Å². The molecule has 3 rings (SSSR count). The molecule has 0 bridgehead atoms. The van der Waals surface area contributed by atoms with Crippen LogP contribution in [0.5, 0.6) is 5.75 Å². The number of nitrogens with one attached hydrogen (secondary N) is 1. The number of ether oxygens (including phenoxy) is 1. The zero-order chi connectivity index (χ0) is 21.2. The Morgan fingerprint density at radius 2 is 1.86 bits per heavy atom. The van der Waals surface area contributed by atoms with Crippen molar-refractivity contribution < 1.29 is 23.8 Å². The van der Waals surface area contributed by atoms with Crippen molar-refractivity contribution in [3.63, 3.8) is 0 Å². The highest BCUT2D eigenvalue weighted by Gasteiger charge is 2.51. The number of aliphatic hydroxyl groups excluding tert-OH is 1. The summed E-state index contributed by atoms with van der Waals surface area (Å²) in [6, 6.07) is 10.6. The third-order valence-corrected chi connectivity index (χ3v) is 5.20. The number of carbonyl (C=O) groups is 2. The topological polar surface area (TPSA) is 78.9 Å². The van der Waals surface area contributed by atoms with Crippen molar-refractivity contribution in [1.29, 1.82) is 0 Å². The number of benzene rings is 2. The van der Waals surface area contributed by atoms with Crippen molar-refractivity contribution in [2.24, 2.45) is 0 Å². The van der Waals surface area contributed by atoms with Gasteiger partial charge in [-0.25, -0.2) is 9.18 Å². The molecule has 2 N–H and O–H groups in total. The predicted octanol–water partition coefficient (Wildman–Crippen LogP) is 3.04. The molecule has 7 heteroatoms. The molecular formula is C22H25FN2O4. The van der Waals surface area contributed by atoms with Gasteiger partial charge in [0, 0.05) is 0 Å². The first-order valence-corrected chi connectivity index (χ1v) is 9.55. The van der Waals surface area contributed by atoms with E-state index in [0.29, 0.717) is 17.7 Å². The minimum Gasteiger partial charge on any atom is -0.491 e. The maximum absolute atomic E-state index is 13.3. The van der Waals surface area contributed by atoms with E-state index in [9.17, 15) is 19.1 Å². The van der Waals surface area contributed by atoms with Crippen molar-refractivity contribution in [3.8, 4) is 5.75 Å². The summed E-state index contributed by atoms with van der Waals surface area (Å²) >= 11 is 0. The van der Waals surface area contributed by atoms with Crippen molar-refractivity contribution >= 4 is 11.9 Å². The normalized spacial score (nSPS) is 20.0. The van der Waals surface area contributed by atoms with Crippen molar-refractivity contribution in [3.05, 3.63) is 65.0 Å². The minimum atomic E-state index is -1.26. The van der Waals surface area contributed by atoms with Gasteiger partial charge in [-0.1, -0.05) is 36.8 Å². The monoisotopic (exact) mass is 400 g/mol. The first-order valence-electron chi connectivity index (χ1n) is 9.55. The molecule has 6 nitrogen and oxygen atoms in total. The quantitative estimate of drug-likeness (QED) is 0.701. The average molecular weight is 400 g/mol. The van der Waals surface area contributed by atoms with Crippen molar-refractivity contribution in [2.75, 3.05) is 13.2 Å². The Balaban J connectivity index is 1.69. The molecule has 0 saturated carbocycles. The largest absolute Gasteiger partial charge is 0.491 e. The second-order valence-electron chi connectivity index (χ2n) is 7.35. The molecule has 0 radical (unpaired) electrons. The smallest absolute Gasteiger partial charge is 0.325 e. The lowest BCUT2D eigenvalue weighted by Crippen LogP contribution is -2.44. The molecule has 2 atom stereocenters. The van der Waals surface area contributed by atoms with Crippen LogP contribution in [0.3, 0.4) is 0 Å². The lowest BCUT2D eigenvalue weighted by molar-refractivity contribution is -0.132. The van der Waals surface area contributed by atoms with E-state index in [0.717, 1.165) is 16.0 Å². The van der Waals surface area contributed by atoms with E-state index in [2.05, 4.69) is 5.32 Å². The van der Waals surface area contributed by atoms with Crippen LogP contribution in [-0.4, -0.2) is 41.2 Å². The highest BCUT2D eigenvalue weighted by molar-refractivity contribution is 6.07. The number of hydrogen-bond donors (Lipinski definition) is 2. The van der Waals surface area contributed by atoms with E-state index in [1.54, 1.807) is 6.92 Å². The van der Waals surface area contributed by atoms with Gasteiger partial charge >= 0.3 is 6.03 Å². The first-order chi connectivity index (χ1) is 13.8. The average Bonchev–Trinajstić information content (AvgIpc) is 2.93. The van der Waals surface area contributed by atoms with Crippen LogP contribution < -0.4 is 10.1 Å². The summed E-state index contributed by atoms with van der Waals surface area (Å²) in [7, 11) is 0. The molecule has 0 unspecified atom stereocenters. The summed E-state index contributed by atoms with van der Waals surface area (Å²) in [5.41, 5.74) is 1.28. The van der Waals surface area contributed by atoms with Gasteiger partial charge in [0.25, 0.3) is 5.91 Å². The molecule has 29 heavy (non-hydrogen) atoms. The molecule has 3 amide bonds. The number of imide groups is 1. The molecule has 154 valence electrons. The Morgan fingerprint density at radius 1 is 1.17 bits per heavy atom. The van der Waals surface area contributed by atoms with Crippen molar-refractivity contribution in [2.45, 2.75) is 38.8 Å². The fourth-order valence-corrected chi connectivity index (χ4v) is 3.58. The standard InChI is InChI=1S/C22H25FN2O4/c1-4-22(16-6-8-17(23)9-7-16)20(27)25(21(28)24-22)12-18(26)13-29-19-10-5-14(2)11-15(19)3/h5-11,18,26H,4,12-13H2,1-3H3,(H,24,28)/t18-,22+/m1/s1. The number of aryl methyl sites for hydroxylation is 2. The number of halogens is 1. The first kappa shape index (κ1) is 20.8. The Bertz CT molecular complexity index is 916. The molecule has 1 aliphatic heterocycles. The molecule has 1 saturated heterocycles. The zero-order valence-electron chi connectivity index (χ0n) is 16.7. The minimum absolute atomic E-state index is 0.0589. The van der Waals surface area contributed by atoms with Crippen molar-refractivity contribution in [1.82, 2.24) is 10.2 Å². The Kier molecular flexibility index (Phi) is 5.88. The Morgan fingerprint density at radius 3 is 2.48 bits per heavy atom. The van der Waals surface area contributed by atoms with E-state index < -0.39 is 29.4 Å². The molecule has 0 aliphatic carbocycles. The second-order valence-corrected chi connectivity index (χ2v) is 7.35. The van der Waals surface area contributed by atoms with Gasteiger partial charge < -0.3 is 15.2 Å². The zero-order valence-corrected chi connectivity index (χ0v) is 16.7. The van der Waals surface area contributed by atoms with Crippen LogP contribution in [0.2, 0.25) is 0 Å². The van der Waals surface area contributed by atoms with Gasteiger partial charge in [0.2, 0.25) is 0 Å². The lowest BCUT2D eigenvalue weighted by Gasteiger charge is -2.26. The molecule has 0 aromatic heterocycles. The number of amides is 3. The summed E-state index contributed by atoms with van der Waals surface area (Å²) in [6.45, 7) is 5.40. The highest BCUT2D eigenvalue weighted by atomic mass is 19.1. The fourth-order valence-electron chi connectivity index (χ4n) is 3.58. The number of hydrogen-bond acceptors (Lipinski definition) is 4. The van der Waals surface area contributed by atoms with Crippen LogP contribution in [0.15, 0.2) is 42.5 Å². The fraction of sp³-hybridized carbons (Fsp3) is 0.364. The maximum Gasteiger partial charge on any atom is 0.325 e. The van der Waals surface area contributed by atoms with E-state index in [1.165, 1.54) is 24.3 Å². The van der Waals surface area contributed by atoms with Crippen LogP contribution in [0.1, 0.15) is 30.0 Å². The maximum atomic E-state index is 13.3. The van der Waals surface area contributed by atoms with Gasteiger partial charge in [0.05, 0.1) is 6.54 Å². The third-order valence-electron chi connectivity index (χ3n) is 5.20. The summed E-state index contributed by atoms with van der Waals surface area (Å²) in [5, 5.41) is 13.1. The van der Waals surface area contributed by atoms with Gasteiger partial charge in [-0.3, -0.25) is 9.69 Å². The molecule has 2 aromatic rings. The number of aliphatic hydroxyl groups is 1. The number of nitrogens with zero attached hydrogens (tertiary/aromatic N) is 1. The lowest BCUT2D eigenvalue weighted by atomic mass is 9.87. The van der Waals surface area contributed by atoms with Gasteiger partial charge in [0.1, 0.15) is 29.8 Å². The van der Waals surface area contributed by atoms with Crippen LogP contribution in [0, 0.1) is 19.7 Å². The van der Waals surface area contributed by atoms with Crippen LogP contribution in [0.25, 0.3) is 0 Å². The summed E-state index contributed by atoms with van der Waals surface area (Å²) in [6.07, 6.45) is -0.749. The Hall–Kier alpha value is -2.93. The van der Waals surface area contributed by atoms with E-state index in [1.807, 2.05) is 32.0 Å².